The Balaban J connectivity index is 1.13. The zero-order chi connectivity index (χ0) is 33.7. The van der Waals surface area contributed by atoms with Crippen LogP contribution in [0.25, 0.3) is 38.7 Å². The van der Waals surface area contributed by atoms with Crippen LogP contribution in [0.3, 0.4) is 0 Å². The third-order valence-corrected chi connectivity index (χ3v) is 11.6. The van der Waals surface area contributed by atoms with E-state index in [-0.39, 0.29) is 30.0 Å². The van der Waals surface area contributed by atoms with Crippen LogP contribution in [-0.4, -0.2) is 83.4 Å². The zero-order valence-electron chi connectivity index (χ0n) is 27.0. The number of piperazine rings is 1. The monoisotopic (exact) mass is 690 g/mol. The fraction of sp³-hybridized carbons (Fsp3) is 0.343. The third kappa shape index (κ3) is 5.99. The molecular weight excluding hydrogens is 655 g/mol. The van der Waals surface area contributed by atoms with Gasteiger partial charge in [0.25, 0.3) is 0 Å². The number of rotatable bonds is 7. The Hall–Kier alpha value is -4.20. The van der Waals surface area contributed by atoms with Crippen LogP contribution < -0.4 is 4.90 Å². The van der Waals surface area contributed by atoms with Gasteiger partial charge >= 0.3 is 0 Å². The van der Waals surface area contributed by atoms with Crippen molar-refractivity contribution in [1.82, 2.24) is 23.6 Å². The van der Waals surface area contributed by atoms with Crippen molar-refractivity contribution >= 4 is 38.6 Å². The van der Waals surface area contributed by atoms with Crippen LogP contribution in [0.4, 0.5) is 14.5 Å². The molecule has 7 rings (SSSR count). The quantitative estimate of drug-likeness (QED) is 0.212. The molecule has 0 bridgehead atoms. The highest BCUT2D eigenvalue weighted by Crippen LogP contribution is 2.37. The molecule has 250 valence electrons. The number of fused-ring (bicyclic) bond motifs is 1. The molecule has 13 heteroatoms. The fourth-order valence-corrected chi connectivity index (χ4v) is 8.52. The summed E-state index contributed by atoms with van der Waals surface area (Å²) in [6.07, 6.45) is 4.35. The van der Waals surface area contributed by atoms with E-state index in [2.05, 4.69) is 4.90 Å². The highest BCUT2D eigenvalue weighted by atomic mass is 32.2. The number of sulfonamides is 1. The van der Waals surface area contributed by atoms with Gasteiger partial charge in [0, 0.05) is 67.5 Å². The molecule has 0 N–H and O–H groups in total. The largest absolute Gasteiger partial charge is 0.367 e. The second-order valence-electron chi connectivity index (χ2n) is 12.4. The number of carbonyl (C=O) groups is 1. The van der Waals surface area contributed by atoms with Gasteiger partial charge in [0.2, 0.25) is 15.9 Å². The molecule has 5 heterocycles. The minimum Gasteiger partial charge on any atom is -0.367 e. The number of nitrogens with zero attached hydrogens (tertiary/aromatic N) is 6. The SMILES string of the molecule is CCc1nc2ccc(N3CCN(C(=O)C4CCN(S(C)(=O)=O)C4)CC3)cn2c1-c1ccc(-c2nc(-c3ccc(F)cc3)cs2)c(C)c1F. The molecule has 1 unspecified atom stereocenters. The Kier molecular flexibility index (Phi) is 8.55. The summed E-state index contributed by atoms with van der Waals surface area (Å²) in [6, 6.07) is 13.8. The van der Waals surface area contributed by atoms with E-state index in [1.807, 2.05) is 46.0 Å². The van der Waals surface area contributed by atoms with Crippen molar-refractivity contribution in [2.24, 2.45) is 5.92 Å². The summed E-state index contributed by atoms with van der Waals surface area (Å²) in [7, 11) is -3.31. The first-order chi connectivity index (χ1) is 23.0. The number of aromatic nitrogens is 3. The van der Waals surface area contributed by atoms with Crippen LogP contribution in [0, 0.1) is 24.5 Å². The Morgan fingerprint density at radius 2 is 1.69 bits per heavy atom. The number of pyridine rings is 1. The summed E-state index contributed by atoms with van der Waals surface area (Å²) in [4.78, 5) is 26.8. The molecule has 2 saturated heterocycles. The number of imidazole rings is 1. The number of hydrogen-bond donors (Lipinski definition) is 0. The van der Waals surface area contributed by atoms with Crippen molar-refractivity contribution in [2.45, 2.75) is 26.7 Å². The number of thiazole rings is 1. The number of anilines is 1. The minimum atomic E-state index is -3.31. The van der Waals surface area contributed by atoms with E-state index in [0.29, 0.717) is 78.7 Å². The van der Waals surface area contributed by atoms with E-state index in [4.69, 9.17) is 9.97 Å². The molecule has 0 radical (unpaired) electrons. The van der Waals surface area contributed by atoms with Gasteiger partial charge in [0.15, 0.2) is 0 Å². The Bertz CT molecular complexity index is 2120. The summed E-state index contributed by atoms with van der Waals surface area (Å²) in [5.74, 6) is -0.935. The molecule has 1 atom stereocenters. The average molecular weight is 691 g/mol. The molecule has 48 heavy (non-hydrogen) atoms. The number of carbonyl (C=O) groups excluding carboxylic acids is 1. The Morgan fingerprint density at radius 1 is 0.958 bits per heavy atom. The molecule has 0 aliphatic carbocycles. The average Bonchev–Trinajstić information content (AvgIpc) is 3.85. The fourth-order valence-electron chi connectivity index (χ4n) is 6.73. The van der Waals surface area contributed by atoms with Gasteiger partial charge in [-0.25, -0.2) is 31.5 Å². The molecule has 3 aromatic heterocycles. The van der Waals surface area contributed by atoms with E-state index in [0.717, 1.165) is 22.6 Å². The van der Waals surface area contributed by atoms with E-state index >= 15 is 4.39 Å². The summed E-state index contributed by atoms with van der Waals surface area (Å²) in [6.45, 7) is 6.73. The molecule has 2 fully saturated rings. The van der Waals surface area contributed by atoms with Crippen molar-refractivity contribution in [2.75, 3.05) is 50.4 Å². The zero-order valence-corrected chi connectivity index (χ0v) is 28.6. The minimum absolute atomic E-state index is 0.0134. The first-order valence-corrected chi connectivity index (χ1v) is 18.8. The first kappa shape index (κ1) is 32.4. The highest BCUT2D eigenvalue weighted by molar-refractivity contribution is 7.88. The molecule has 2 aliphatic rings. The maximum atomic E-state index is 16.3. The first-order valence-electron chi connectivity index (χ1n) is 16.0. The van der Waals surface area contributed by atoms with Gasteiger partial charge in [-0.05, 0) is 67.8 Å². The van der Waals surface area contributed by atoms with Gasteiger partial charge < -0.3 is 9.80 Å². The topological polar surface area (TPSA) is 91.1 Å². The number of benzene rings is 2. The second kappa shape index (κ2) is 12.7. The number of hydrogen-bond acceptors (Lipinski definition) is 7. The lowest BCUT2D eigenvalue weighted by atomic mass is 10.0. The molecule has 5 aromatic rings. The number of amides is 1. The predicted octanol–water partition coefficient (Wildman–Crippen LogP) is 5.87. The molecule has 2 aliphatic heterocycles. The highest BCUT2D eigenvalue weighted by Gasteiger charge is 2.36. The maximum absolute atomic E-state index is 16.3. The van der Waals surface area contributed by atoms with E-state index in [9.17, 15) is 17.6 Å². The molecule has 2 aromatic carbocycles. The number of halogens is 2. The Morgan fingerprint density at radius 3 is 2.38 bits per heavy atom. The maximum Gasteiger partial charge on any atom is 0.227 e. The molecule has 0 saturated carbocycles. The third-order valence-electron chi connectivity index (χ3n) is 9.45. The van der Waals surface area contributed by atoms with Gasteiger partial charge in [0.05, 0.1) is 34.9 Å². The van der Waals surface area contributed by atoms with E-state index in [1.54, 1.807) is 25.1 Å². The summed E-state index contributed by atoms with van der Waals surface area (Å²) < 4.78 is 56.9. The van der Waals surface area contributed by atoms with Gasteiger partial charge in [0.1, 0.15) is 22.3 Å². The standard InChI is InChI=1S/C35H36F2N6O3S2/c1-4-29-33(28-11-10-27(22(2)32(28)37)34-39-30(21-47-34)23-5-7-25(36)8-6-23)43-20-26(9-12-31(43)38-29)40-15-17-41(18-16-40)35(44)24-13-14-42(19-24)48(3,45)46/h5-12,20-21,24H,4,13-19H2,1-3H3. The van der Waals surface area contributed by atoms with Crippen LogP contribution in [0.15, 0.2) is 60.1 Å². The van der Waals surface area contributed by atoms with Crippen LogP contribution in [0.5, 0.6) is 0 Å². The van der Waals surface area contributed by atoms with Gasteiger partial charge in [-0.2, -0.15) is 0 Å². The van der Waals surface area contributed by atoms with Gasteiger partial charge in [-0.1, -0.05) is 13.0 Å². The number of aryl methyl sites for hydroxylation is 1. The van der Waals surface area contributed by atoms with Gasteiger partial charge in [-0.15, -0.1) is 11.3 Å². The lowest BCUT2D eigenvalue weighted by Crippen LogP contribution is -2.50. The van der Waals surface area contributed by atoms with Crippen molar-refractivity contribution in [3.63, 3.8) is 0 Å². The Labute approximate surface area is 282 Å². The molecule has 9 nitrogen and oxygen atoms in total. The van der Waals surface area contributed by atoms with Crippen LogP contribution in [0.2, 0.25) is 0 Å². The molecular formula is C35H36F2N6O3S2. The lowest BCUT2D eigenvalue weighted by molar-refractivity contribution is -0.135. The van der Waals surface area contributed by atoms with E-state index < -0.39 is 10.0 Å². The van der Waals surface area contributed by atoms with E-state index in [1.165, 1.54) is 34.0 Å². The summed E-state index contributed by atoms with van der Waals surface area (Å²) >= 11 is 1.42. The molecule has 0 spiro atoms. The normalized spacial score (nSPS) is 17.5. The van der Waals surface area contributed by atoms with Crippen LogP contribution in [0.1, 0.15) is 24.6 Å². The lowest BCUT2D eigenvalue weighted by Gasteiger charge is -2.37. The van der Waals surface area contributed by atoms with Gasteiger partial charge in [-0.3, -0.25) is 9.20 Å². The van der Waals surface area contributed by atoms with Crippen molar-refractivity contribution in [3.8, 4) is 33.1 Å². The summed E-state index contributed by atoms with van der Waals surface area (Å²) in [5, 5.41) is 2.58. The van der Waals surface area contributed by atoms with Crippen molar-refractivity contribution < 1.29 is 22.0 Å². The van der Waals surface area contributed by atoms with Crippen LogP contribution in [-0.2, 0) is 21.2 Å². The van der Waals surface area contributed by atoms with Crippen molar-refractivity contribution in [3.05, 3.63) is 83.0 Å². The van der Waals surface area contributed by atoms with Crippen molar-refractivity contribution in [1.29, 1.82) is 0 Å². The second-order valence-corrected chi connectivity index (χ2v) is 15.3. The van der Waals surface area contributed by atoms with Crippen LogP contribution >= 0.6 is 11.3 Å². The summed E-state index contributed by atoms with van der Waals surface area (Å²) in [5.41, 5.74) is 6.34. The predicted molar refractivity (Wildman–Crippen MR) is 185 cm³/mol. The smallest absolute Gasteiger partial charge is 0.227 e. The molecule has 1 amide bonds.